The van der Waals surface area contributed by atoms with Gasteiger partial charge in [0.15, 0.2) is 8.32 Å². The second kappa shape index (κ2) is 7.65. The van der Waals surface area contributed by atoms with E-state index in [-0.39, 0.29) is 5.04 Å². The minimum Gasteiger partial charge on any atom is -0.413 e. The van der Waals surface area contributed by atoms with E-state index in [4.69, 9.17) is 14.4 Å². The molecule has 0 bridgehead atoms. The summed E-state index contributed by atoms with van der Waals surface area (Å²) < 4.78 is 11.2. The lowest BCUT2D eigenvalue weighted by molar-refractivity contribution is 0.168. The number of ether oxygens (including phenoxy) is 1. The number of rotatable bonds is 7. The number of hydrogen-bond acceptors (Lipinski definition) is 3. The molecule has 0 radical (unpaired) electrons. The van der Waals surface area contributed by atoms with Gasteiger partial charge >= 0.3 is 0 Å². The van der Waals surface area contributed by atoms with Crippen LogP contribution in [0.15, 0.2) is 12.2 Å². The van der Waals surface area contributed by atoms with Gasteiger partial charge in [0.2, 0.25) is 0 Å². The van der Waals surface area contributed by atoms with Gasteiger partial charge in [-0.15, -0.1) is 0 Å². The third-order valence-electron chi connectivity index (χ3n) is 3.09. The Morgan fingerprint density at radius 3 is 2.29 bits per heavy atom. The normalized spacial score (nSPS) is 12.9. The third kappa shape index (κ3) is 7.32. The van der Waals surface area contributed by atoms with E-state index < -0.39 is 8.32 Å². The molecule has 4 heteroatoms. The van der Waals surface area contributed by atoms with Crippen molar-refractivity contribution in [3.05, 3.63) is 12.2 Å². The second-order valence-corrected chi connectivity index (χ2v) is 10.3. The van der Waals surface area contributed by atoms with Gasteiger partial charge in [0.05, 0.1) is 32.3 Å². The molecule has 0 atom stereocenters. The van der Waals surface area contributed by atoms with E-state index in [1.165, 1.54) is 0 Å². The maximum absolute atomic E-state index is 8.31. The zero-order chi connectivity index (χ0) is 13.4. The SMILES string of the molecule is CC(C)(C)[Si](C)(C)OC/C=C\COCCC#N. The topological polar surface area (TPSA) is 42.2 Å². The second-order valence-electron chi connectivity index (χ2n) is 5.53. The molecular weight excluding hydrogens is 230 g/mol. The van der Waals surface area contributed by atoms with Crippen LogP contribution in [0.2, 0.25) is 18.1 Å². The summed E-state index contributed by atoms with van der Waals surface area (Å²) in [4.78, 5) is 0. The van der Waals surface area contributed by atoms with Crippen molar-refractivity contribution < 1.29 is 9.16 Å². The molecule has 0 aliphatic rings. The molecule has 98 valence electrons. The van der Waals surface area contributed by atoms with E-state index in [0.29, 0.717) is 26.2 Å². The van der Waals surface area contributed by atoms with E-state index >= 15 is 0 Å². The zero-order valence-electron chi connectivity index (χ0n) is 11.7. The van der Waals surface area contributed by atoms with Crippen molar-refractivity contribution in [3.8, 4) is 6.07 Å². The molecule has 0 aliphatic carbocycles. The molecule has 3 nitrogen and oxygen atoms in total. The molecule has 0 spiro atoms. The number of nitrogens with zero attached hydrogens (tertiary/aromatic N) is 1. The Balaban J connectivity index is 3.70. The highest BCUT2D eigenvalue weighted by molar-refractivity contribution is 6.74. The summed E-state index contributed by atoms with van der Waals surface area (Å²) in [5.41, 5.74) is 0. The lowest BCUT2D eigenvalue weighted by atomic mass is 10.2. The predicted molar refractivity (Wildman–Crippen MR) is 73.3 cm³/mol. The Labute approximate surface area is 107 Å². The molecule has 0 rings (SSSR count). The first-order valence-electron chi connectivity index (χ1n) is 6.05. The van der Waals surface area contributed by atoms with Crippen LogP contribution >= 0.6 is 0 Å². The Kier molecular flexibility index (Phi) is 7.36. The van der Waals surface area contributed by atoms with E-state index in [1.54, 1.807) is 0 Å². The molecule has 0 unspecified atom stereocenters. The molecule has 0 amide bonds. The Bertz CT molecular complexity index is 274. The fraction of sp³-hybridized carbons (Fsp3) is 0.769. The van der Waals surface area contributed by atoms with Crippen molar-refractivity contribution in [2.75, 3.05) is 19.8 Å². The first-order valence-corrected chi connectivity index (χ1v) is 8.96. The lowest BCUT2D eigenvalue weighted by Gasteiger charge is -2.35. The van der Waals surface area contributed by atoms with Gasteiger partial charge in [-0.25, -0.2) is 0 Å². The van der Waals surface area contributed by atoms with Gasteiger partial charge in [-0.1, -0.05) is 32.9 Å². The fourth-order valence-electron chi connectivity index (χ4n) is 0.878. The van der Waals surface area contributed by atoms with Crippen LogP contribution in [-0.2, 0) is 9.16 Å². The molecule has 0 saturated carbocycles. The summed E-state index contributed by atoms with van der Waals surface area (Å²) in [5, 5.41) is 8.56. The van der Waals surface area contributed by atoms with E-state index in [1.807, 2.05) is 18.2 Å². The van der Waals surface area contributed by atoms with Crippen molar-refractivity contribution in [2.24, 2.45) is 0 Å². The highest BCUT2D eigenvalue weighted by atomic mass is 28.4. The highest BCUT2D eigenvalue weighted by Gasteiger charge is 2.36. The van der Waals surface area contributed by atoms with Crippen molar-refractivity contribution in [1.82, 2.24) is 0 Å². The molecule has 0 heterocycles. The van der Waals surface area contributed by atoms with Crippen LogP contribution < -0.4 is 0 Å². The van der Waals surface area contributed by atoms with Gasteiger partial charge in [0.25, 0.3) is 0 Å². The van der Waals surface area contributed by atoms with Crippen LogP contribution in [0.4, 0.5) is 0 Å². The first kappa shape index (κ1) is 16.4. The van der Waals surface area contributed by atoms with Gasteiger partial charge in [-0.3, -0.25) is 0 Å². The molecular formula is C13H25NO2Si. The van der Waals surface area contributed by atoms with Crippen LogP contribution in [0.25, 0.3) is 0 Å². The average molecular weight is 255 g/mol. The monoisotopic (exact) mass is 255 g/mol. The summed E-state index contributed by atoms with van der Waals surface area (Å²) >= 11 is 0. The van der Waals surface area contributed by atoms with E-state index in [9.17, 15) is 0 Å². The maximum Gasteiger partial charge on any atom is 0.192 e. The zero-order valence-corrected chi connectivity index (χ0v) is 12.7. The quantitative estimate of drug-likeness (QED) is 0.397. The maximum atomic E-state index is 8.31. The molecule has 0 aliphatic heterocycles. The van der Waals surface area contributed by atoms with Gasteiger partial charge in [0, 0.05) is 0 Å². The minimum absolute atomic E-state index is 0.254. The van der Waals surface area contributed by atoms with Crippen LogP contribution in [-0.4, -0.2) is 28.1 Å². The van der Waals surface area contributed by atoms with E-state index in [0.717, 1.165) is 0 Å². The van der Waals surface area contributed by atoms with Crippen molar-refractivity contribution in [1.29, 1.82) is 5.26 Å². The molecule has 0 aromatic heterocycles. The summed E-state index contributed by atoms with van der Waals surface area (Å²) in [6.45, 7) is 12.9. The summed E-state index contributed by atoms with van der Waals surface area (Å²) in [7, 11) is -1.62. The van der Waals surface area contributed by atoms with Crippen molar-refractivity contribution >= 4 is 8.32 Å². The smallest absolute Gasteiger partial charge is 0.192 e. The molecule has 0 N–H and O–H groups in total. The van der Waals surface area contributed by atoms with Crippen molar-refractivity contribution in [3.63, 3.8) is 0 Å². The van der Waals surface area contributed by atoms with Crippen LogP contribution in [0.3, 0.4) is 0 Å². The fourth-order valence-corrected chi connectivity index (χ4v) is 1.82. The van der Waals surface area contributed by atoms with Crippen molar-refractivity contribution in [2.45, 2.75) is 45.3 Å². The van der Waals surface area contributed by atoms with Crippen LogP contribution in [0.5, 0.6) is 0 Å². The first-order chi connectivity index (χ1) is 7.81. The van der Waals surface area contributed by atoms with Crippen LogP contribution in [0, 0.1) is 11.3 Å². The number of hydrogen-bond donors (Lipinski definition) is 0. The molecule has 17 heavy (non-hydrogen) atoms. The summed E-state index contributed by atoms with van der Waals surface area (Å²) in [6.07, 6.45) is 4.39. The van der Waals surface area contributed by atoms with E-state index in [2.05, 4.69) is 33.9 Å². The largest absolute Gasteiger partial charge is 0.413 e. The van der Waals surface area contributed by atoms with Crippen LogP contribution in [0.1, 0.15) is 27.2 Å². The predicted octanol–water partition coefficient (Wildman–Crippen LogP) is 3.49. The molecule has 0 saturated heterocycles. The Hall–Kier alpha value is -0.633. The Morgan fingerprint density at radius 1 is 1.18 bits per heavy atom. The minimum atomic E-state index is -1.62. The molecule has 0 fully saturated rings. The number of nitriles is 1. The van der Waals surface area contributed by atoms with Gasteiger partial charge in [-0.05, 0) is 18.1 Å². The highest BCUT2D eigenvalue weighted by Crippen LogP contribution is 2.36. The molecule has 0 aromatic carbocycles. The molecule has 0 aromatic rings. The summed E-state index contributed by atoms with van der Waals surface area (Å²) in [6, 6.07) is 2.04. The third-order valence-corrected chi connectivity index (χ3v) is 7.59. The van der Waals surface area contributed by atoms with Gasteiger partial charge in [-0.2, -0.15) is 5.26 Å². The summed E-state index contributed by atoms with van der Waals surface area (Å²) in [5.74, 6) is 0. The van der Waals surface area contributed by atoms with Gasteiger partial charge in [0.1, 0.15) is 0 Å². The van der Waals surface area contributed by atoms with Gasteiger partial charge < -0.3 is 9.16 Å². The Morgan fingerprint density at radius 2 is 1.76 bits per heavy atom. The average Bonchev–Trinajstić information content (AvgIpc) is 2.20. The standard InChI is InChI=1S/C13H25NO2Si/c1-13(2,3)17(4,5)16-12-7-6-10-15-11-8-9-14/h6-7H,8,10-12H2,1-5H3/b7-6-. The lowest BCUT2D eigenvalue weighted by Crippen LogP contribution is -2.40.